The minimum absolute atomic E-state index is 0.0507. The topological polar surface area (TPSA) is 132 Å². The Kier molecular flexibility index (Phi) is 9.69. The normalized spacial score (nSPS) is 12.1. The van der Waals surface area contributed by atoms with Crippen molar-refractivity contribution in [2.24, 2.45) is 0 Å². The standard InChI is InChI=1S/C27H26N2O7/c30-24(23(15-25(31)32)29-27(34)36-17-19-8-3-1-4-9-19)18-35-26(33)14-22(20-10-5-2-6-11-20)21-12-7-13-28-16-21/h1-13,16,22-23H,14-15,17-18H2,(H,29,34)(H,31,32). The Balaban J connectivity index is 1.57. The molecule has 186 valence electrons. The molecular formula is C27H26N2O7. The average molecular weight is 491 g/mol. The second kappa shape index (κ2) is 13.4. The van der Waals surface area contributed by atoms with E-state index in [1.165, 1.54) is 0 Å². The van der Waals surface area contributed by atoms with Crippen molar-refractivity contribution in [2.45, 2.75) is 31.4 Å². The van der Waals surface area contributed by atoms with E-state index in [-0.39, 0.29) is 18.9 Å². The van der Waals surface area contributed by atoms with Crippen LogP contribution in [0, 0.1) is 0 Å². The molecular weight excluding hydrogens is 464 g/mol. The number of pyridine rings is 1. The van der Waals surface area contributed by atoms with Gasteiger partial charge in [-0.25, -0.2) is 4.79 Å². The van der Waals surface area contributed by atoms with Crippen LogP contribution in [0.4, 0.5) is 4.79 Å². The number of hydrogen-bond donors (Lipinski definition) is 2. The van der Waals surface area contributed by atoms with Gasteiger partial charge in [-0.3, -0.25) is 19.4 Å². The first-order chi connectivity index (χ1) is 17.4. The van der Waals surface area contributed by atoms with Crippen molar-refractivity contribution in [3.63, 3.8) is 0 Å². The third kappa shape index (κ3) is 8.35. The first-order valence-electron chi connectivity index (χ1n) is 11.2. The Hall–Kier alpha value is -4.53. The molecule has 0 spiro atoms. The van der Waals surface area contributed by atoms with Crippen LogP contribution < -0.4 is 5.32 Å². The first kappa shape index (κ1) is 26.1. The Labute approximate surface area is 208 Å². The second-order valence-electron chi connectivity index (χ2n) is 7.94. The van der Waals surface area contributed by atoms with E-state index >= 15 is 0 Å². The van der Waals surface area contributed by atoms with Gasteiger partial charge in [-0.15, -0.1) is 0 Å². The summed E-state index contributed by atoms with van der Waals surface area (Å²) in [5.41, 5.74) is 2.41. The summed E-state index contributed by atoms with van der Waals surface area (Å²) in [6.07, 6.45) is 1.59. The molecule has 0 radical (unpaired) electrons. The first-order valence-corrected chi connectivity index (χ1v) is 11.2. The van der Waals surface area contributed by atoms with E-state index in [0.717, 1.165) is 16.7 Å². The highest BCUT2D eigenvalue weighted by atomic mass is 16.5. The number of benzene rings is 2. The van der Waals surface area contributed by atoms with Crippen LogP contribution in [0.2, 0.25) is 0 Å². The lowest BCUT2D eigenvalue weighted by molar-refractivity contribution is -0.149. The van der Waals surface area contributed by atoms with Crippen molar-refractivity contribution in [1.82, 2.24) is 10.3 Å². The van der Waals surface area contributed by atoms with Crippen molar-refractivity contribution in [1.29, 1.82) is 0 Å². The van der Waals surface area contributed by atoms with Gasteiger partial charge in [0.2, 0.25) is 0 Å². The number of carbonyl (C=O) groups excluding carboxylic acids is 3. The molecule has 0 fully saturated rings. The number of carboxylic acid groups (broad SMARTS) is 1. The second-order valence-corrected chi connectivity index (χ2v) is 7.94. The van der Waals surface area contributed by atoms with Crippen molar-refractivity contribution in [3.05, 3.63) is 102 Å². The highest BCUT2D eigenvalue weighted by Gasteiger charge is 2.26. The fourth-order valence-corrected chi connectivity index (χ4v) is 3.50. The van der Waals surface area contributed by atoms with Gasteiger partial charge in [0.15, 0.2) is 12.4 Å². The molecule has 1 aromatic heterocycles. The molecule has 2 atom stereocenters. The van der Waals surface area contributed by atoms with Crippen molar-refractivity contribution < 1.29 is 33.8 Å². The quantitative estimate of drug-likeness (QED) is 0.369. The number of amides is 1. The summed E-state index contributed by atoms with van der Waals surface area (Å²) >= 11 is 0. The van der Waals surface area contributed by atoms with E-state index in [0.29, 0.717) is 0 Å². The molecule has 2 N–H and O–H groups in total. The molecule has 0 aliphatic rings. The number of ketones is 1. The lowest BCUT2D eigenvalue weighted by atomic mass is 9.89. The molecule has 2 unspecified atom stereocenters. The maximum atomic E-state index is 12.6. The number of carboxylic acids is 1. The molecule has 0 aliphatic heterocycles. The Bertz CT molecular complexity index is 1120. The number of carbonyl (C=O) groups is 4. The summed E-state index contributed by atoms with van der Waals surface area (Å²) in [5.74, 6) is -3.06. The smallest absolute Gasteiger partial charge is 0.408 e. The molecule has 3 aromatic rings. The van der Waals surface area contributed by atoms with Crippen LogP contribution in [0.5, 0.6) is 0 Å². The van der Waals surface area contributed by atoms with Gasteiger partial charge in [-0.2, -0.15) is 0 Å². The highest BCUT2D eigenvalue weighted by molar-refractivity contribution is 5.92. The summed E-state index contributed by atoms with van der Waals surface area (Å²) in [7, 11) is 0. The highest BCUT2D eigenvalue weighted by Crippen LogP contribution is 2.27. The van der Waals surface area contributed by atoms with Crippen LogP contribution >= 0.6 is 0 Å². The monoisotopic (exact) mass is 490 g/mol. The van der Waals surface area contributed by atoms with Crippen LogP contribution in [0.1, 0.15) is 35.4 Å². The number of Topliss-reactive ketones (excluding diaryl/α,β-unsaturated/α-hetero) is 1. The average Bonchev–Trinajstić information content (AvgIpc) is 2.90. The molecule has 0 aliphatic carbocycles. The lowest BCUT2D eigenvalue weighted by Crippen LogP contribution is -2.44. The largest absolute Gasteiger partial charge is 0.481 e. The van der Waals surface area contributed by atoms with Gasteiger partial charge in [0.25, 0.3) is 0 Å². The maximum absolute atomic E-state index is 12.6. The number of alkyl carbamates (subject to hydrolysis) is 1. The third-order valence-corrected chi connectivity index (χ3v) is 5.31. The number of aromatic nitrogens is 1. The SMILES string of the molecule is O=C(O)CC(NC(=O)OCc1ccccc1)C(=O)COC(=O)CC(c1ccccc1)c1cccnc1. The van der Waals surface area contributed by atoms with Crippen molar-refractivity contribution in [2.75, 3.05) is 6.61 Å². The summed E-state index contributed by atoms with van der Waals surface area (Å²) in [6.45, 7) is -0.741. The number of nitrogens with one attached hydrogen (secondary N) is 1. The van der Waals surface area contributed by atoms with E-state index in [1.807, 2.05) is 42.5 Å². The summed E-state index contributed by atoms with van der Waals surface area (Å²) < 4.78 is 10.2. The number of aliphatic carboxylic acids is 1. The lowest BCUT2D eigenvalue weighted by Gasteiger charge is -2.18. The van der Waals surface area contributed by atoms with Crippen LogP contribution in [0.3, 0.4) is 0 Å². The Morgan fingerprint density at radius 2 is 1.50 bits per heavy atom. The fraction of sp³-hybridized carbons (Fsp3) is 0.222. The molecule has 0 bridgehead atoms. The van der Waals surface area contributed by atoms with Crippen LogP contribution in [0.25, 0.3) is 0 Å². The molecule has 9 heteroatoms. The summed E-state index contributed by atoms with van der Waals surface area (Å²) in [6, 6.07) is 20.4. The van der Waals surface area contributed by atoms with E-state index in [1.54, 1.807) is 42.7 Å². The van der Waals surface area contributed by atoms with E-state index in [2.05, 4.69) is 10.3 Å². The van der Waals surface area contributed by atoms with Crippen LogP contribution in [-0.2, 0) is 30.5 Å². The minimum atomic E-state index is -1.41. The molecule has 2 aromatic carbocycles. The number of ether oxygens (including phenoxy) is 2. The van der Waals surface area contributed by atoms with Gasteiger partial charge in [-0.05, 0) is 22.8 Å². The zero-order valence-corrected chi connectivity index (χ0v) is 19.4. The van der Waals surface area contributed by atoms with Crippen LogP contribution in [-0.4, -0.2) is 46.6 Å². The van der Waals surface area contributed by atoms with Gasteiger partial charge < -0.3 is 19.9 Å². The molecule has 3 rings (SSSR count). The zero-order chi connectivity index (χ0) is 25.8. The van der Waals surface area contributed by atoms with Gasteiger partial charge >= 0.3 is 18.0 Å². The maximum Gasteiger partial charge on any atom is 0.408 e. The van der Waals surface area contributed by atoms with Crippen molar-refractivity contribution >= 4 is 23.8 Å². The molecule has 1 heterocycles. The molecule has 0 saturated heterocycles. The Morgan fingerprint density at radius 1 is 0.833 bits per heavy atom. The van der Waals surface area contributed by atoms with Crippen molar-refractivity contribution in [3.8, 4) is 0 Å². The number of nitrogens with zero attached hydrogens (tertiary/aromatic N) is 1. The summed E-state index contributed by atoms with van der Waals surface area (Å²) in [5, 5.41) is 11.4. The molecule has 0 saturated carbocycles. The van der Waals surface area contributed by atoms with Gasteiger partial charge in [0, 0.05) is 18.3 Å². The number of rotatable bonds is 12. The van der Waals surface area contributed by atoms with Crippen LogP contribution in [0.15, 0.2) is 85.2 Å². The zero-order valence-electron chi connectivity index (χ0n) is 19.4. The van der Waals surface area contributed by atoms with Gasteiger partial charge in [0.05, 0.1) is 12.8 Å². The number of esters is 1. The predicted octanol–water partition coefficient (Wildman–Crippen LogP) is 3.49. The number of hydrogen-bond acceptors (Lipinski definition) is 7. The van der Waals surface area contributed by atoms with E-state index in [4.69, 9.17) is 14.6 Å². The van der Waals surface area contributed by atoms with E-state index in [9.17, 15) is 19.2 Å². The summed E-state index contributed by atoms with van der Waals surface area (Å²) in [4.78, 5) is 52.6. The third-order valence-electron chi connectivity index (χ3n) is 5.31. The van der Waals surface area contributed by atoms with Gasteiger partial charge in [-0.1, -0.05) is 66.7 Å². The fourth-order valence-electron chi connectivity index (χ4n) is 3.50. The molecule has 36 heavy (non-hydrogen) atoms. The van der Waals surface area contributed by atoms with Gasteiger partial charge in [0.1, 0.15) is 12.6 Å². The predicted molar refractivity (Wildman–Crippen MR) is 129 cm³/mol. The van der Waals surface area contributed by atoms with E-state index < -0.39 is 42.9 Å². The minimum Gasteiger partial charge on any atom is -0.481 e. The molecule has 9 nitrogen and oxygen atoms in total. The Morgan fingerprint density at radius 3 is 2.14 bits per heavy atom. The molecule has 1 amide bonds.